The van der Waals surface area contributed by atoms with Crippen LogP contribution in [0.25, 0.3) is 6.08 Å². The van der Waals surface area contributed by atoms with Crippen molar-refractivity contribution in [3.63, 3.8) is 0 Å². The van der Waals surface area contributed by atoms with E-state index in [1.165, 1.54) is 6.08 Å². The SMILES string of the molecule is CCCC(=N)[C@@](C)(c1ccc(/C=C/C(=O)NO)cc1)n1cccn1. The summed E-state index contributed by atoms with van der Waals surface area (Å²) in [5, 5.41) is 21.4. The van der Waals surface area contributed by atoms with Crippen molar-refractivity contribution in [2.24, 2.45) is 0 Å². The van der Waals surface area contributed by atoms with E-state index in [1.54, 1.807) is 22.4 Å². The van der Waals surface area contributed by atoms with Crippen LogP contribution in [0, 0.1) is 5.41 Å². The zero-order valence-electron chi connectivity index (χ0n) is 13.9. The molecule has 0 saturated carbocycles. The first-order chi connectivity index (χ1) is 11.5. The Kier molecular flexibility index (Phi) is 5.65. The molecule has 0 saturated heterocycles. The van der Waals surface area contributed by atoms with Gasteiger partial charge in [-0.1, -0.05) is 37.6 Å². The normalized spacial score (nSPS) is 13.6. The van der Waals surface area contributed by atoms with Crippen molar-refractivity contribution in [2.45, 2.75) is 32.2 Å². The monoisotopic (exact) mass is 326 g/mol. The molecule has 3 N–H and O–H groups in total. The van der Waals surface area contributed by atoms with Crippen LogP contribution in [0.1, 0.15) is 37.8 Å². The van der Waals surface area contributed by atoms with Crippen LogP contribution in [0.3, 0.4) is 0 Å². The number of carbonyl (C=O) groups is 1. The maximum atomic E-state index is 11.0. The van der Waals surface area contributed by atoms with E-state index >= 15 is 0 Å². The molecule has 24 heavy (non-hydrogen) atoms. The van der Waals surface area contributed by atoms with E-state index in [9.17, 15) is 4.79 Å². The molecule has 0 aliphatic rings. The van der Waals surface area contributed by atoms with Crippen LogP contribution in [0.4, 0.5) is 0 Å². The highest BCUT2D eigenvalue weighted by Gasteiger charge is 2.33. The Morgan fingerprint density at radius 3 is 2.67 bits per heavy atom. The Bertz CT molecular complexity index is 720. The van der Waals surface area contributed by atoms with Crippen molar-refractivity contribution in [2.75, 3.05) is 0 Å². The van der Waals surface area contributed by atoms with Gasteiger partial charge in [0, 0.05) is 24.2 Å². The smallest absolute Gasteiger partial charge is 0.267 e. The minimum Gasteiger partial charge on any atom is -0.307 e. The fourth-order valence-electron chi connectivity index (χ4n) is 2.60. The second-order valence-electron chi connectivity index (χ2n) is 5.68. The molecule has 6 nitrogen and oxygen atoms in total. The average molecular weight is 326 g/mol. The lowest BCUT2D eigenvalue weighted by molar-refractivity contribution is -0.124. The molecular weight excluding hydrogens is 304 g/mol. The number of carbonyl (C=O) groups excluding carboxylic acids is 1. The highest BCUT2D eigenvalue weighted by molar-refractivity contribution is 5.92. The van der Waals surface area contributed by atoms with Gasteiger partial charge in [-0.25, -0.2) is 5.48 Å². The van der Waals surface area contributed by atoms with E-state index in [4.69, 9.17) is 10.6 Å². The molecule has 0 spiro atoms. The summed E-state index contributed by atoms with van der Waals surface area (Å²) in [4.78, 5) is 11.0. The van der Waals surface area contributed by atoms with Crippen LogP contribution in [-0.2, 0) is 10.3 Å². The van der Waals surface area contributed by atoms with Crippen molar-refractivity contribution in [3.05, 3.63) is 59.9 Å². The number of aromatic nitrogens is 2. The highest BCUT2D eigenvalue weighted by Crippen LogP contribution is 2.29. The second kappa shape index (κ2) is 7.70. The lowest BCUT2D eigenvalue weighted by atomic mass is 9.84. The summed E-state index contributed by atoms with van der Waals surface area (Å²) in [6.07, 6.45) is 8.02. The summed E-state index contributed by atoms with van der Waals surface area (Å²) in [5.74, 6) is -0.579. The summed E-state index contributed by atoms with van der Waals surface area (Å²) in [6, 6.07) is 9.46. The maximum Gasteiger partial charge on any atom is 0.267 e. The summed E-state index contributed by atoms with van der Waals surface area (Å²) >= 11 is 0. The van der Waals surface area contributed by atoms with Crippen molar-refractivity contribution in [3.8, 4) is 0 Å². The third-order valence-corrected chi connectivity index (χ3v) is 4.06. The molecule has 6 heteroatoms. The number of hydroxylamine groups is 1. The zero-order valence-corrected chi connectivity index (χ0v) is 13.9. The molecule has 1 atom stereocenters. The van der Waals surface area contributed by atoms with Gasteiger partial charge in [0.25, 0.3) is 5.91 Å². The van der Waals surface area contributed by atoms with E-state index in [-0.39, 0.29) is 0 Å². The molecule has 0 aliphatic carbocycles. The second-order valence-corrected chi connectivity index (χ2v) is 5.68. The van der Waals surface area contributed by atoms with Gasteiger partial charge >= 0.3 is 0 Å². The van der Waals surface area contributed by atoms with E-state index < -0.39 is 11.4 Å². The first kappa shape index (κ1) is 17.6. The molecule has 1 aromatic carbocycles. The van der Waals surface area contributed by atoms with Crippen LogP contribution in [0.2, 0.25) is 0 Å². The lowest BCUT2D eigenvalue weighted by Gasteiger charge is -2.32. The van der Waals surface area contributed by atoms with Gasteiger partial charge in [0.15, 0.2) is 0 Å². The van der Waals surface area contributed by atoms with Crippen LogP contribution < -0.4 is 5.48 Å². The van der Waals surface area contributed by atoms with Gasteiger partial charge in [-0.3, -0.25) is 14.7 Å². The van der Waals surface area contributed by atoms with Crippen LogP contribution in [0.15, 0.2) is 48.8 Å². The van der Waals surface area contributed by atoms with Gasteiger partial charge in [-0.05, 0) is 36.6 Å². The van der Waals surface area contributed by atoms with Gasteiger partial charge < -0.3 is 5.41 Å². The molecule has 1 aromatic heterocycles. The van der Waals surface area contributed by atoms with E-state index in [0.29, 0.717) is 12.1 Å². The summed E-state index contributed by atoms with van der Waals surface area (Å²) in [7, 11) is 0. The van der Waals surface area contributed by atoms with Gasteiger partial charge in [0.05, 0.1) is 0 Å². The zero-order chi connectivity index (χ0) is 17.6. The first-order valence-electron chi connectivity index (χ1n) is 7.83. The highest BCUT2D eigenvalue weighted by atomic mass is 16.5. The lowest BCUT2D eigenvalue weighted by Crippen LogP contribution is -2.40. The van der Waals surface area contributed by atoms with E-state index in [2.05, 4.69) is 12.0 Å². The topological polar surface area (TPSA) is 91.0 Å². The molecule has 0 radical (unpaired) electrons. The van der Waals surface area contributed by atoms with Gasteiger partial charge in [-0.15, -0.1) is 0 Å². The molecule has 0 bridgehead atoms. The van der Waals surface area contributed by atoms with Gasteiger partial charge in [0.2, 0.25) is 0 Å². The average Bonchev–Trinajstić information content (AvgIpc) is 3.14. The molecule has 126 valence electrons. The maximum absolute atomic E-state index is 11.0. The molecular formula is C18H22N4O2. The largest absolute Gasteiger partial charge is 0.307 e. The van der Waals surface area contributed by atoms with Crippen LogP contribution in [-0.4, -0.2) is 26.6 Å². The van der Waals surface area contributed by atoms with Crippen molar-refractivity contribution >= 4 is 17.7 Å². The Labute approximate surface area is 141 Å². The number of amides is 1. The number of rotatable bonds is 7. The predicted octanol–water partition coefficient (Wildman–Crippen LogP) is 2.99. The number of hydrogen-bond donors (Lipinski definition) is 3. The molecule has 0 unspecified atom stereocenters. The van der Waals surface area contributed by atoms with Crippen LogP contribution >= 0.6 is 0 Å². The Hall–Kier alpha value is -2.73. The molecule has 1 heterocycles. The number of benzene rings is 1. The molecule has 2 aromatic rings. The van der Waals surface area contributed by atoms with Crippen molar-refractivity contribution < 1.29 is 10.0 Å². The van der Waals surface area contributed by atoms with E-state index in [1.807, 2.05) is 43.5 Å². The Morgan fingerprint density at radius 1 is 1.42 bits per heavy atom. The van der Waals surface area contributed by atoms with Gasteiger partial charge in [0.1, 0.15) is 5.54 Å². The number of nitrogens with one attached hydrogen (secondary N) is 2. The van der Waals surface area contributed by atoms with Crippen molar-refractivity contribution in [1.82, 2.24) is 15.3 Å². The Morgan fingerprint density at radius 2 is 2.12 bits per heavy atom. The van der Waals surface area contributed by atoms with Crippen LogP contribution in [0.5, 0.6) is 0 Å². The summed E-state index contributed by atoms with van der Waals surface area (Å²) in [6.45, 7) is 4.04. The van der Waals surface area contributed by atoms with Crippen molar-refractivity contribution in [1.29, 1.82) is 5.41 Å². The summed E-state index contributed by atoms with van der Waals surface area (Å²) in [5.41, 5.74) is 3.28. The quantitative estimate of drug-likeness (QED) is 0.316. The third kappa shape index (κ3) is 3.60. The fourth-order valence-corrected chi connectivity index (χ4v) is 2.60. The molecule has 2 rings (SSSR count). The standard InChI is InChI=1S/C18H22N4O2/c1-3-5-16(19)18(2,22-13-4-12-20-22)15-9-6-14(7-10-15)8-11-17(23)21-24/h4,6-13,19,24H,3,5H2,1-2H3,(H,21,23)/b11-8+,19-16?/t18-/m1/s1. The Balaban J connectivity index is 2.36. The molecule has 1 amide bonds. The number of hydrogen-bond acceptors (Lipinski definition) is 4. The first-order valence-corrected chi connectivity index (χ1v) is 7.83. The van der Waals surface area contributed by atoms with Gasteiger partial charge in [-0.2, -0.15) is 5.10 Å². The predicted molar refractivity (Wildman–Crippen MR) is 93.0 cm³/mol. The minimum atomic E-state index is -0.649. The summed E-state index contributed by atoms with van der Waals surface area (Å²) < 4.78 is 1.80. The van der Waals surface area contributed by atoms with E-state index in [0.717, 1.165) is 17.5 Å². The fraction of sp³-hybridized carbons (Fsp3) is 0.278. The molecule has 0 aliphatic heterocycles. The molecule has 0 fully saturated rings. The number of nitrogens with zero attached hydrogens (tertiary/aromatic N) is 2. The minimum absolute atomic E-state index is 0.579. The third-order valence-electron chi connectivity index (χ3n) is 4.06.